The zero-order chi connectivity index (χ0) is 46.4. The Morgan fingerprint density at radius 3 is 1.63 bits per heavy atom. The number of likely N-dealkylation sites (N-methyl/N-ethyl adjacent to an activating group) is 1. The van der Waals surface area contributed by atoms with Gasteiger partial charge in [0.25, 0.3) is 5.91 Å². The van der Waals surface area contributed by atoms with E-state index in [0.717, 1.165) is 129 Å². The maximum absolute atomic E-state index is 12.8. The van der Waals surface area contributed by atoms with Crippen molar-refractivity contribution in [2.45, 2.75) is 108 Å². The van der Waals surface area contributed by atoms with Gasteiger partial charge < -0.3 is 39.8 Å². The van der Waals surface area contributed by atoms with Crippen LogP contribution in [0.15, 0.2) is 61.2 Å². The van der Waals surface area contributed by atoms with Crippen LogP contribution in [0, 0.1) is 0 Å². The SMILES string of the molecule is CC(C)N1CCN(c2ccc(Nc3ncc4cc5n(c4n3)C3(CCCCC3)CCC5=O)nc2)CC1.CN1CCN(c2ccc(Nc3ncc4cc5n(c4n3)C3(CCCCC3)CNC5=O)nc2)CC1. The lowest BCUT2D eigenvalue weighted by atomic mass is 9.75. The number of nitrogens with zero attached hydrogens (tertiary/aromatic N) is 12. The maximum atomic E-state index is 12.8. The molecular formula is C51H65N15O2. The minimum atomic E-state index is -0.0860. The third-order valence-electron chi connectivity index (χ3n) is 15.8. The summed E-state index contributed by atoms with van der Waals surface area (Å²) >= 11 is 0. The largest absolute Gasteiger partial charge is 0.368 e. The molecule has 2 saturated heterocycles. The van der Waals surface area contributed by atoms with Crippen LogP contribution in [0.4, 0.5) is 34.9 Å². The van der Waals surface area contributed by atoms with Crippen molar-refractivity contribution in [1.29, 1.82) is 0 Å². The number of Topliss-reactive ketones (excluding diaryl/α,β-unsaturated/α-hetero) is 1. The number of hydrogen-bond acceptors (Lipinski definition) is 14. The summed E-state index contributed by atoms with van der Waals surface area (Å²) in [6.45, 7) is 13.5. The molecule has 2 spiro atoms. The lowest BCUT2D eigenvalue weighted by Crippen LogP contribution is -2.52. The van der Waals surface area contributed by atoms with Crippen LogP contribution < -0.4 is 25.8 Å². The summed E-state index contributed by atoms with van der Waals surface area (Å²) in [6.07, 6.45) is 20.7. The minimum absolute atomic E-state index is 0.0222. The van der Waals surface area contributed by atoms with E-state index in [-0.39, 0.29) is 22.8 Å². The number of hydrogen-bond donors (Lipinski definition) is 3. The smallest absolute Gasteiger partial charge is 0.268 e. The molecule has 17 heteroatoms. The maximum Gasteiger partial charge on any atom is 0.268 e. The van der Waals surface area contributed by atoms with Gasteiger partial charge in [-0.15, -0.1) is 0 Å². The molecule has 0 radical (unpaired) electrons. The molecule has 12 rings (SSSR count). The lowest BCUT2D eigenvalue weighted by Gasteiger charge is -2.42. The van der Waals surface area contributed by atoms with Crippen LogP contribution in [0.5, 0.6) is 0 Å². The number of nitrogens with one attached hydrogen (secondary N) is 3. The molecule has 0 aromatic carbocycles. The number of pyridine rings is 2. The lowest BCUT2D eigenvalue weighted by molar-refractivity contribution is 0.0832. The van der Waals surface area contributed by atoms with E-state index in [0.29, 0.717) is 42.4 Å². The Labute approximate surface area is 398 Å². The number of amides is 1. The van der Waals surface area contributed by atoms with Crippen LogP contribution in [0.2, 0.25) is 0 Å². The number of aromatic nitrogens is 8. The number of carbonyl (C=O) groups excluding carboxylic acids is 2. The third kappa shape index (κ3) is 8.52. The predicted molar refractivity (Wildman–Crippen MR) is 267 cm³/mol. The fourth-order valence-electron chi connectivity index (χ4n) is 11.8. The first-order valence-electron chi connectivity index (χ1n) is 25.1. The van der Waals surface area contributed by atoms with Gasteiger partial charge in [0, 0.05) is 100 Å². The van der Waals surface area contributed by atoms with E-state index in [4.69, 9.17) is 9.97 Å². The number of anilines is 6. The molecule has 3 N–H and O–H groups in total. The molecule has 6 aliphatic rings. The van der Waals surface area contributed by atoms with Crippen LogP contribution in [-0.4, -0.2) is 133 Å². The molecule has 2 aliphatic carbocycles. The van der Waals surface area contributed by atoms with Crippen molar-refractivity contribution >= 4 is 68.7 Å². The van der Waals surface area contributed by atoms with Crippen molar-refractivity contribution in [1.82, 2.24) is 54.2 Å². The van der Waals surface area contributed by atoms with Gasteiger partial charge in [-0.1, -0.05) is 38.5 Å². The van der Waals surface area contributed by atoms with Gasteiger partial charge >= 0.3 is 0 Å². The zero-order valence-electron chi connectivity index (χ0n) is 39.9. The molecule has 2 saturated carbocycles. The Balaban J connectivity index is 0.000000149. The highest BCUT2D eigenvalue weighted by molar-refractivity contribution is 6.01. The number of rotatable bonds is 7. The van der Waals surface area contributed by atoms with E-state index in [1.807, 2.05) is 42.9 Å². The summed E-state index contributed by atoms with van der Waals surface area (Å²) in [4.78, 5) is 63.0. The van der Waals surface area contributed by atoms with Crippen molar-refractivity contribution in [2.75, 3.05) is 86.4 Å². The predicted octanol–water partition coefficient (Wildman–Crippen LogP) is 7.46. The van der Waals surface area contributed by atoms with E-state index in [1.165, 1.54) is 38.5 Å². The van der Waals surface area contributed by atoms with Gasteiger partial charge in [-0.05, 0) is 89.4 Å². The molecule has 17 nitrogen and oxygen atoms in total. The zero-order valence-corrected chi connectivity index (χ0v) is 39.9. The molecule has 0 atom stereocenters. The molecule has 1 amide bonds. The summed E-state index contributed by atoms with van der Waals surface area (Å²) in [6, 6.07) is 12.7. The average molecular weight is 920 g/mol. The first-order valence-corrected chi connectivity index (χ1v) is 25.1. The summed E-state index contributed by atoms with van der Waals surface area (Å²) in [5, 5.41) is 11.5. The average Bonchev–Trinajstić information content (AvgIpc) is 3.97. The summed E-state index contributed by atoms with van der Waals surface area (Å²) < 4.78 is 4.45. The Bertz CT molecular complexity index is 2770. The highest BCUT2D eigenvalue weighted by Crippen LogP contribution is 2.45. The van der Waals surface area contributed by atoms with Crippen molar-refractivity contribution in [2.24, 2.45) is 0 Å². The number of carbonyl (C=O) groups is 2. The summed E-state index contributed by atoms with van der Waals surface area (Å²) in [5.41, 5.74) is 5.41. The van der Waals surface area contributed by atoms with E-state index >= 15 is 0 Å². The second kappa shape index (κ2) is 18.4. The normalized spacial score (nSPS) is 20.6. The Kier molecular flexibility index (Phi) is 12.0. The number of piperazine rings is 2. The van der Waals surface area contributed by atoms with Gasteiger partial charge in [-0.2, -0.15) is 9.97 Å². The number of ketones is 1. The molecule has 0 bridgehead atoms. The van der Waals surface area contributed by atoms with Crippen molar-refractivity contribution in [3.05, 3.63) is 72.6 Å². The highest BCUT2D eigenvalue weighted by Gasteiger charge is 2.43. The van der Waals surface area contributed by atoms with Crippen LogP contribution in [-0.2, 0) is 11.1 Å². The Morgan fingerprint density at radius 2 is 1.10 bits per heavy atom. The molecule has 0 unspecified atom stereocenters. The quantitative estimate of drug-likeness (QED) is 0.144. The van der Waals surface area contributed by atoms with Crippen molar-refractivity contribution in [3.8, 4) is 0 Å². The summed E-state index contributed by atoms with van der Waals surface area (Å²) in [7, 11) is 2.16. The Morgan fingerprint density at radius 1 is 0.588 bits per heavy atom. The van der Waals surface area contributed by atoms with Crippen molar-refractivity contribution < 1.29 is 9.59 Å². The molecule has 4 aliphatic heterocycles. The molecule has 68 heavy (non-hydrogen) atoms. The molecule has 4 fully saturated rings. The molecule has 10 heterocycles. The first-order chi connectivity index (χ1) is 33.1. The van der Waals surface area contributed by atoms with Gasteiger partial charge in [0.2, 0.25) is 11.9 Å². The van der Waals surface area contributed by atoms with Crippen LogP contribution >= 0.6 is 0 Å². The van der Waals surface area contributed by atoms with E-state index in [2.05, 4.69) is 97.6 Å². The summed E-state index contributed by atoms with van der Waals surface area (Å²) in [5.74, 6) is 2.65. The fraction of sp³-hybridized carbons (Fsp3) is 0.529. The van der Waals surface area contributed by atoms with Gasteiger partial charge in [-0.3, -0.25) is 14.5 Å². The Hall–Kier alpha value is -6.20. The van der Waals surface area contributed by atoms with E-state index in [9.17, 15) is 9.59 Å². The fourth-order valence-corrected chi connectivity index (χ4v) is 11.8. The second-order valence-electron chi connectivity index (χ2n) is 20.3. The molecule has 356 valence electrons. The van der Waals surface area contributed by atoms with E-state index in [1.54, 1.807) is 6.20 Å². The minimum Gasteiger partial charge on any atom is -0.368 e. The van der Waals surface area contributed by atoms with Crippen LogP contribution in [0.3, 0.4) is 0 Å². The van der Waals surface area contributed by atoms with Gasteiger partial charge in [0.05, 0.1) is 35.0 Å². The van der Waals surface area contributed by atoms with Gasteiger partial charge in [-0.25, -0.2) is 19.9 Å². The first kappa shape index (κ1) is 44.3. The molecule has 6 aromatic heterocycles. The third-order valence-corrected chi connectivity index (χ3v) is 15.8. The van der Waals surface area contributed by atoms with Crippen LogP contribution in [0.25, 0.3) is 22.1 Å². The molecular weight excluding hydrogens is 855 g/mol. The highest BCUT2D eigenvalue weighted by atomic mass is 16.2. The van der Waals surface area contributed by atoms with Gasteiger partial charge in [0.15, 0.2) is 5.78 Å². The van der Waals surface area contributed by atoms with Gasteiger partial charge in [0.1, 0.15) is 28.6 Å². The molecule has 6 aromatic rings. The topological polar surface area (TPSA) is 170 Å². The van der Waals surface area contributed by atoms with Crippen molar-refractivity contribution in [3.63, 3.8) is 0 Å². The number of fused-ring (bicyclic) bond motifs is 8. The van der Waals surface area contributed by atoms with E-state index < -0.39 is 0 Å². The second-order valence-corrected chi connectivity index (χ2v) is 20.3. The van der Waals surface area contributed by atoms with Crippen LogP contribution in [0.1, 0.15) is 112 Å². The standard InChI is InChI=1S/C27H35N7O.C24H30N8O/c1-19(2)32-12-14-33(15-13-32)21-6-7-24(28-18-21)30-26-29-17-20-16-22-23(35)8-11-27(9-4-3-5-10-27)34(22)25(20)31-26;1-30-9-11-31(12-10-30)18-5-6-20(25-15-18)28-23-26-14-17-13-19-22(33)27-16-24(7-3-2-4-8-24)32(19)21(17)29-23/h6-7,16-19H,3-5,8-15H2,1-2H3,(H,28,29,30,31);5-6,13-15H,2-4,7-12,16H2,1H3,(H,27,33)(H,25,26,28,29). The monoisotopic (exact) mass is 920 g/mol.